The topological polar surface area (TPSA) is 29.9 Å². The van der Waals surface area contributed by atoms with Crippen LogP contribution in [0.4, 0.5) is 5.69 Å². The Morgan fingerprint density at radius 2 is 1.93 bits per heavy atom. The maximum atomic E-state index is 4.35. The van der Waals surface area contributed by atoms with Crippen molar-refractivity contribution in [3.05, 3.63) is 11.9 Å². The van der Waals surface area contributed by atoms with Crippen molar-refractivity contribution in [2.45, 2.75) is 51.5 Å². The van der Waals surface area contributed by atoms with Gasteiger partial charge in [-0.05, 0) is 19.8 Å². The van der Waals surface area contributed by atoms with Gasteiger partial charge in [-0.1, -0.05) is 25.7 Å². The van der Waals surface area contributed by atoms with Crippen molar-refractivity contribution < 1.29 is 0 Å². The van der Waals surface area contributed by atoms with Crippen LogP contribution in [-0.4, -0.2) is 15.8 Å². The Morgan fingerprint density at radius 1 is 1.27 bits per heavy atom. The first-order valence-corrected chi connectivity index (χ1v) is 6.02. The van der Waals surface area contributed by atoms with Gasteiger partial charge in [0.15, 0.2) is 0 Å². The smallest absolute Gasteiger partial charge is 0.0825 e. The van der Waals surface area contributed by atoms with Crippen molar-refractivity contribution >= 4 is 5.69 Å². The highest BCUT2D eigenvalue weighted by Gasteiger charge is 2.13. The van der Waals surface area contributed by atoms with Gasteiger partial charge in [-0.2, -0.15) is 5.10 Å². The van der Waals surface area contributed by atoms with Crippen LogP contribution in [-0.2, 0) is 7.05 Å². The highest BCUT2D eigenvalue weighted by atomic mass is 15.3. The van der Waals surface area contributed by atoms with Crippen molar-refractivity contribution in [2.24, 2.45) is 7.05 Å². The molecule has 0 unspecified atom stereocenters. The summed E-state index contributed by atoms with van der Waals surface area (Å²) in [5.41, 5.74) is 2.33. The molecule has 84 valence electrons. The molecule has 1 aromatic heterocycles. The van der Waals surface area contributed by atoms with Gasteiger partial charge in [0.25, 0.3) is 0 Å². The lowest BCUT2D eigenvalue weighted by molar-refractivity contribution is 0.619. The van der Waals surface area contributed by atoms with Crippen LogP contribution in [0.5, 0.6) is 0 Å². The fourth-order valence-corrected chi connectivity index (χ4v) is 2.38. The minimum absolute atomic E-state index is 0.662. The van der Waals surface area contributed by atoms with E-state index in [0.717, 1.165) is 5.69 Å². The Kier molecular flexibility index (Phi) is 3.29. The van der Waals surface area contributed by atoms with E-state index in [-0.39, 0.29) is 0 Å². The van der Waals surface area contributed by atoms with E-state index < -0.39 is 0 Å². The molecule has 0 amide bonds. The molecule has 0 spiro atoms. The molecule has 1 N–H and O–H groups in total. The number of rotatable bonds is 2. The second kappa shape index (κ2) is 4.69. The van der Waals surface area contributed by atoms with Crippen LogP contribution in [0.3, 0.4) is 0 Å². The number of anilines is 1. The Balaban J connectivity index is 1.97. The summed E-state index contributed by atoms with van der Waals surface area (Å²) < 4.78 is 1.88. The summed E-state index contributed by atoms with van der Waals surface area (Å²) >= 11 is 0. The van der Waals surface area contributed by atoms with E-state index in [0.29, 0.717) is 6.04 Å². The lowest BCUT2D eigenvalue weighted by Gasteiger charge is -2.16. The number of nitrogens with zero attached hydrogens (tertiary/aromatic N) is 2. The number of aryl methyl sites for hydroxylation is 2. The number of nitrogens with one attached hydrogen (secondary N) is 1. The first-order valence-electron chi connectivity index (χ1n) is 6.02. The molecule has 1 saturated carbocycles. The van der Waals surface area contributed by atoms with Crippen LogP contribution < -0.4 is 5.32 Å². The minimum Gasteiger partial charge on any atom is -0.380 e. The van der Waals surface area contributed by atoms with Gasteiger partial charge < -0.3 is 5.32 Å². The van der Waals surface area contributed by atoms with E-state index in [9.17, 15) is 0 Å². The second-order valence-corrected chi connectivity index (χ2v) is 4.63. The standard InChI is InChI=1S/C12H21N3/c1-10-12(9-15(2)14-10)13-11-7-5-3-4-6-8-11/h9,11,13H,3-8H2,1-2H3. The molecule has 1 aliphatic carbocycles. The maximum Gasteiger partial charge on any atom is 0.0825 e. The average molecular weight is 207 g/mol. The first kappa shape index (κ1) is 10.5. The van der Waals surface area contributed by atoms with E-state index in [1.54, 1.807) is 0 Å². The van der Waals surface area contributed by atoms with Gasteiger partial charge in [0, 0.05) is 19.3 Å². The monoisotopic (exact) mass is 207 g/mol. The zero-order valence-electron chi connectivity index (χ0n) is 9.79. The van der Waals surface area contributed by atoms with Crippen LogP contribution >= 0.6 is 0 Å². The first-order chi connectivity index (χ1) is 7.25. The molecule has 0 aliphatic heterocycles. The predicted molar refractivity (Wildman–Crippen MR) is 63.1 cm³/mol. The summed E-state index contributed by atoms with van der Waals surface area (Å²) in [7, 11) is 1.98. The molecule has 0 aromatic carbocycles. The van der Waals surface area contributed by atoms with Gasteiger partial charge in [-0.15, -0.1) is 0 Å². The van der Waals surface area contributed by atoms with Gasteiger partial charge in [0.1, 0.15) is 0 Å². The molecule has 0 bridgehead atoms. The SMILES string of the molecule is Cc1nn(C)cc1NC1CCCCCC1. The summed E-state index contributed by atoms with van der Waals surface area (Å²) in [5, 5.41) is 7.98. The normalized spacial score (nSPS) is 18.8. The molecular weight excluding hydrogens is 186 g/mol. The summed E-state index contributed by atoms with van der Waals surface area (Å²) in [5.74, 6) is 0. The summed E-state index contributed by atoms with van der Waals surface area (Å²) in [6.45, 7) is 2.07. The predicted octanol–water partition coefficient (Wildman–Crippen LogP) is 2.86. The van der Waals surface area contributed by atoms with Crippen LogP contribution in [0.15, 0.2) is 6.20 Å². The molecule has 1 heterocycles. The molecule has 1 aliphatic rings. The summed E-state index contributed by atoms with van der Waals surface area (Å²) in [4.78, 5) is 0. The van der Waals surface area contributed by atoms with Crippen molar-refractivity contribution in [1.82, 2.24) is 9.78 Å². The third-order valence-electron chi connectivity index (χ3n) is 3.23. The molecule has 3 nitrogen and oxygen atoms in total. The quantitative estimate of drug-likeness (QED) is 0.756. The highest BCUT2D eigenvalue weighted by molar-refractivity contribution is 5.46. The zero-order valence-corrected chi connectivity index (χ0v) is 9.79. The fraction of sp³-hybridized carbons (Fsp3) is 0.750. The lowest BCUT2D eigenvalue weighted by atomic mass is 10.1. The van der Waals surface area contributed by atoms with E-state index >= 15 is 0 Å². The average Bonchev–Trinajstić information content (AvgIpc) is 2.44. The molecule has 0 radical (unpaired) electrons. The molecule has 3 heteroatoms. The molecule has 15 heavy (non-hydrogen) atoms. The lowest BCUT2D eigenvalue weighted by Crippen LogP contribution is -2.18. The molecule has 1 aromatic rings. The molecular formula is C12H21N3. The maximum absolute atomic E-state index is 4.35. The molecule has 1 fully saturated rings. The van der Waals surface area contributed by atoms with Crippen LogP contribution in [0.1, 0.15) is 44.2 Å². The third kappa shape index (κ3) is 2.74. The summed E-state index contributed by atoms with van der Waals surface area (Å²) in [6, 6.07) is 0.662. The van der Waals surface area contributed by atoms with Crippen molar-refractivity contribution in [1.29, 1.82) is 0 Å². The van der Waals surface area contributed by atoms with Crippen molar-refractivity contribution in [3.8, 4) is 0 Å². The Hall–Kier alpha value is -0.990. The van der Waals surface area contributed by atoms with Crippen LogP contribution in [0.25, 0.3) is 0 Å². The second-order valence-electron chi connectivity index (χ2n) is 4.63. The number of hydrogen-bond donors (Lipinski definition) is 1. The molecule has 0 saturated heterocycles. The van der Waals surface area contributed by atoms with Gasteiger partial charge in [0.2, 0.25) is 0 Å². The van der Waals surface area contributed by atoms with E-state index in [1.165, 1.54) is 44.2 Å². The van der Waals surface area contributed by atoms with Crippen LogP contribution in [0, 0.1) is 6.92 Å². The third-order valence-corrected chi connectivity index (χ3v) is 3.23. The van der Waals surface area contributed by atoms with Gasteiger partial charge in [-0.3, -0.25) is 4.68 Å². The van der Waals surface area contributed by atoms with Gasteiger partial charge in [-0.25, -0.2) is 0 Å². The van der Waals surface area contributed by atoms with Crippen molar-refractivity contribution in [3.63, 3.8) is 0 Å². The van der Waals surface area contributed by atoms with Crippen LogP contribution in [0.2, 0.25) is 0 Å². The van der Waals surface area contributed by atoms with Gasteiger partial charge >= 0.3 is 0 Å². The molecule has 2 rings (SSSR count). The van der Waals surface area contributed by atoms with Gasteiger partial charge in [0.05, 0.1) is 11.4 Å². The van der Waals surface area contributed by atoms with Crippen molar-refractivity contribution in [2.75, 3.05) is 5.32 Å². The van der Waals surface area contributed by atoms with E-state index in [4.69, 9.17) is 0 Å². The Labute approximate surface area is 91.9 Å². The summed E-state index contributed by atoms with van der Waals surface area (Å²) in [6.07, 6.45) is 10.3. The fourth-order valence-electron chi connectivity index (χ4n) is 2.38. The highest BCUT2D eigenvalue weighted by Crippen LogP contribution is 2.22. The number of hydrogen-bond acceptors (Lipinski definition) is 2. The Bertz CT molecular complexity index is 309. The Morgan fingerprint density at radius 3 is 2.47 bits per heavy atom. The van der Waals surface area contributed by atoms with E-state index in [1.807, 2.05) is 11.7 Å². The number of aromatic nitrogens is 2. The zero-order chi connectivity index (χ0) is 10.7. The van der Waals surface area contributed by atoms with E-state index in [2.05, 4.69) is 23.5 Å². The minimum atomic E-state index is 0.662. The largest absolute Gasteiger partial charge is 0.380 e. The molecule has 0 atom stereocenters.